The van der Waals surface area contributed by atoms with Crippen molar-refractivity contribution < 1.29 is 9.53 Å². The Morgan fingerprint density at radius 3 is 2.58 bits per heavy atom. The van der Waals surface area contributed by atoms with Crippen LogP contribution in [-0.4, -0.2) is 40.7 Å². The molecule has 1 aromatic carbocycles. The minimum absolute atomic E-state index is 0.00946. The number of hydrogen-bond donors (Lipinski definition) is 5. The Balaban J connectivity index is 1.70. The van der Waals surface area contributed by atoms with E-state index in [1.807, 2.05) is 12.1 Å². The predicted octanol–water partition coefficient (Wildman–Crippen LogP) is 1.39. The molecule has 0 saturated heterocycles. The average molecular weight is 447 g/mol. The fourth-order valence-corrected chi connectivity index (χ4v) is 2.94. The van der Waals surface area contributed by atoms with Crippen LogP contribution in [-0.2, 0) is 6.42 Å². The van der Waals surface area contributed by atoms with Crippen LogP contribution in [0.25, 0.3) is 0 Å². The third-order valence-corrected chi connectivity index (χ3v) is 4.87. The lowest BCUT2D eigenvalue weighted by Crippen LogP contribution is -2.38. The molecule has 10 nitrogen and oxygen atoms in total. The van der Waals surface area contributed by atoms with Gasteiger partial charge in [-0.1, -0.05) is 24.1 Å². The minimum Gasteiger partial charge on any atom is -0.494 e. The number of nitrogen functional groups attached to an aromatic ring is 2. The number of aryl methyl sites for hydroxylation is 2. The van der Waals surface area contributed by atoms with Gasteiger partial charge in [0.2, 0.25) is 0 Å². The molecule has 2 aromatic rings. The van der Waals surface area contributed by atoms with Crippen molar-refractivity contribution in [3.05, 3.63) is 41.2 Å². The van der Waals surface area contributed by atoms with Crippen molar-refractivity contribution >= 4 is 35.5 Å². The van der Waals surface area contributed by atoms with E-state index in [-0.39, 0.29) is 23.3 Å². The number of aliphatic imine (C=N–C) groups is 1. The summed E-state index contributed by atoms with van der Waals surface area (Å²) in [6.07, 6.45) is 3.61. The summed E-state index contributed by atoms with van der Waals surface area (Å²) < 4.78 is 5.66. The van der Waals surface area contributed by atoms with Crippen LogP contribution >= 0.6 is 11.9 Å². The Labute approximate surface area is 186 Å². The number of carbonyl (C=O) groups excluding carboxylic acids is 1. The van der Waals surface area contributed by atoms with Gasteiger partial charge in [-0.2, -0.15) is 0 Å². The molecule has 0 spiro atoms. The van der Waals surface area contributed by atoms with Crippen LogP contribution < -0.4 is 32.4 Å². The van der Waals surface area contributed by atoms with Gasteiger partial charge in [-0.05, 0) is 50.3 Å². The summed E-state index contributed by atoms with van der Waals surface area (Å²) in [7, 11) is 0. The molecule has 0 saturated carbocycles. The highest BCUT2D eigenvalue weighted by Crippen LogP contribution is 2.14. The van der Waals surface area contributed by atoms with Gasteiger partial charge in [-0.25, -0.2) is 9.97 Å². The molecule has 9 N–H and O–H groups in total. The SMILES string of the molecule is Cc1nc(C(=O)NC(N)=NCCCCc2ccc(OCCCSN)cc2)c(N)nc1N. The van der Waals surface area contributed by atoms with Crippen LogP contribution in [0.3, 0.4) is 0 Å². The van der Waals surface area contributed by atoms with Crippen molar-refractivity contribution in [1.82, 2.24) is 15.3 Å². The Hall–Kier alpha value is -3.05. The van der Waals surface area contributed by atoms with Crippen molar-refractivity contribution in [2.24, 2.45) is 15.9 Å². The highest BCUT2D eigenvalue weighted by molar-refractivity contribution is 7.97. The van der Waals surface area contributed by atoms with Crippen LogP contribution in [0, 0.1) is 6.92 Å². The van der Waals surface area contributed by atoms with E-state index in [9.17, 15) is 4.79 Å². The molecule has 2 rings (SSSR count). The van der Waals surface area contributed by atoms with Gasteiger partial charge in [-0.3, -0.25) is 20.2 Å². The number of carbonyl (C=O) groups is 1. The summed E-state index contributed by atoms with van der Waals surface area (Å²) in [5.74, 6) is 1.31. The Kier molecular flexibility index (Phi) is 9.85. The summed E-state index contributed by atoms with van der Waals surface area (Å²) in [6, 6.07) is 8.07. The number of aromatic nitrogens is 2. The maximum atomic E-state index is 12.2. The zero-order chi connectivity index (χ0) is 22.6. The predicted molar refractivity (Wildman–Crippen MR) is 126 cm³/mol. The highest BCUT2D eigenvalue weighted by atomic mass is 32.2. The van der Waals surface area contributed by atoms with Gasteiger partial charge in [0.1, 0.15) is 11.6 Å². The monoisotopic (exact) mass is 446 g/mol. The van der Waals surface area contributed by atoms with Crippen molar-refractivity contribution in [3.63, 3.8) is 0 Å². The average Bonchev–Trinajstić information content (AvgIpc) is 2.74. The second-order valence-corrected chi connectivity index (χ2v) is 7.56. The number of hydrogen-bond acceptors (Lipinski definition) is 9. The highest BCUT2D eigenvalue weighted by Gasteiger charge is 2.15. The number of anilines is 2. The molecule has 31 heavy (non-hydrogen) atoms. The van der Waals surface area contributed by atoms with Gasteiger partial charge in [0.25, 0.3) is 5.91 Å². The molecule has 168 valence electrons. The lowest BCUT2D eigenvalue weighted by Gasteiger charge is -2.08. The van der Waals surface area contributed by atoms with Crippen molar-refractivity contribution in [2.75, 3.05) is 30.4 Å². The number of rotatable bonds is 11. The molecular weight excluding hydrogens is 416 g/mol. The summed E-state index contributed by atoms with van der Waals surface area (Å²) in [6.45, 7) is 2.80. The Morgan fingerprint density at radius 1 is 1.13 bits per heavy atom. The van der Waals surface area contributed by atoms with Crippen molar-refractivity contribution in [2.45, 2.75) is 32.6 Å². The maximum Gasteiger partial charge on any atom is 0.280 e. The Morgan fingerprint density at radius 2 is 1.87 bits per heavy atom. The van der Waals surface area contributed by atoms with Crippen LogP contribution in [0.1, 0.15) is 41.0 Å². The van der Waals surface area contributed by atoms with Crippen molar-refractivity contribution in [3.8, 4) is 5.75 Å². The fourth-order valence-electron chi connectivity index (χ4n) is 2.65. The number of ether oxygens (including phenoxy) is 1. The van der Waals surface area contributed by atoms with Gasteiger partial charge >= 0.3 is 0 Å². The number of amides is 1. The maximum absolute atomic E-state index is 12.2. The third kappa shape index (κ3) is 8.30. The van der Waals surface area contributed by atoms with E-state index in [0.29, 0.717) is 18.8 Å². The van der Waals surface area contributed by atoms with Crippen LogP contribution in [0.5, 0.6) is 5.75 Å². The van der Waals surface area contributed by atoms with E-state index in [1.54, 1.807) is 6.92 Å². The van der Waals surface area contributed by atoms with E-state index in [0.717, 1.165) is 37.2 Å². The first-order valence-electron chi connectivity index (χ1n) is 9.95. The second-order valence-electron chi connectivity index (χ2n) is 6.82. The zero-order valence-corrected chi connectivity index (χ0v) is 18.5. The van der Waals surface area contributed by atoms with Gasteiger partial charge in [0.05, 0.1) is 12.3 Å². The summed E-state index contributed by atoms with van der Waals surface area (Å²) in [5.41, 5.74) is 18.7. The number of nitrogens with zero attached hydrogens (tertiary/aromatic N) is 3. The molecule has 0 aliphatic heterocycles. The van der Waals surface area contributed by atoms with E-state index in [2.05, 4.69) is 32.4 Å². The fraction of sp³-hybridized carbons (Fsp3) is 0.400. The molecule has 1 heterocycles. The Bertz CT molecular complexity index is 889. The van der Waals surface area contributed by atoms with E-state index < -0.39 is 5.91 Å². The lowest BCUT2D eigenvalue weighted by molar-refractivity contribution is 0.0972. The first kappa shape index (κ1) is 24.2. The number of benzene rings is 1. The standard InChI is InChI=1S/C20H30N8O2S/c1-13-17(21)27-18(22)16(26-13)19(29)28-20(23)25-10-3-2-5-14-6-8-15(9-7-14)30-11-4-12-31-24/h6-9H,2-5,10-12,24H2,1H3,(H4,21,22,27)(H3,23,25,28,29). The van der Waals surface area contributed by atoms with Gasteiger partial charge in [0.15, 0.2) is 17.5 Å². The molecular formula is C20H30N8O2S. The normalized spacial score (nSPS) is 11.4. The van der Waals surface area contributed by atoms with E-state index in [1.165, 1.54) is 17.5 Å². The topological polar surface area (TPSA) is 181 Å². The van der Waals surface area contributed by atoms with Crippen LogP contribution in [0.15, 0.2) is 29.3 Å². The van der Waals surface area contributed by atoms with Gasteiger partial charge < -0.3 is 21.9 Å². The lowest BCUT2D eigenvalue weighted by atomic mass is 10.1. The molecule has 1 amide bonds. The molecule has 0 aliphatic carbocycles. The number of guanidine groups is 1. The van der Waals surface area contributed by atoms with Crippen LogP contribution in [0.2, 0.25) is 0 Å². The number of nitrogens with one attached hydrogen (secondary N) is 1. The summed E-state index contributed by atoms with van der Waals surface area (Å²) in [4.78, 5) is 24.3. The third-order valence-electron chi connectivity index (χ3n) is 4.34. The molecule has 0 fully saturated rings. The minimum atomic E-state index is -0.571. The first-order chi connectivity index (χ1) is 14.9. The van der Waals surface area contributed by atoms with E-state index in [4.69, 9.17) is 27.1 Å². The molecule has 0 radical (unpaired) electrons. The summed E-state index contributed by atoms with van der Waals surface area (Å²) in [5, 5.41) is 7.85. The molecule has 0 atom stereocenters. The van der Waals surface area contributed by atoms with Gasteiger partial charge in [-0.15, -0.1) is 0 Å². The molecule has 0 unspecified atom stereocenters. The molecule has 11 heteroatoms. The van der Waals surface area contributed by atoms with Gasteiger partial charge in [0, 0.05) is 12.3 Å². The molecule has 0 aliphatic rings. The smallest absolute Gasteiger partial charge is 0.280 e. The number of nitrogens with two attached hydrogens (primary N) is 4. The van der Waals surface area contributed by atoms with E-state index >= 15 is 0 Å². The summed E-state index contributed by atoms with van der Waals surface area (Å²) >= 11 is 1.32. The number of unbranched alkanes of at least 4 members (excludes halogenated alkanes) is 1. The first-order valence-corrected chi connectivity index (χ1v) is 11.0. The molecule has 0 bridgehead atoms. The van der Waals surface area contributed by atoms with Crippen molar-refractivity contribution in [1.29, 1.82) is 0 Å². The molecule has 1 aromatic heterocycles. The van der Waals surface area contributed by atoms with Crippen LogP contribution in [0.4, 0.5) is 11.6 Å². The zero-order valence-electron chi connectivity index (χ0n) is 17.6. The quantitative estimate of drug-likeness (QED) is 0.147. The second kappa shape index (κ2) is 12.6. The largest absolute Gasteiger partial charge is 0.494 e.